The van der Waals surface area contributed by atoms with Gasteiger partial charge in [0.2, 0.25) is 0 Å². The van der Waals surface area contributed by atoms with E-state index in [9.17, 15) is 5.11 Å². The van der Waals surface area contributed by atoms with Gasteiger partial charge in [0.05, 0.1) is 0 Å². The molecule has 0 bridgehead atoms. The molecule has 4 heteroatoms. The molecule has 2 nitrogen and oxygen atoms in total. The van der Waals surface area contributed by atoms with Crippen molar-refractivity contribution >= 4 is 28.9 Å². The van der Waals surface area contributed by atoms with E-state index in [4.69, 9.17) is 23.2 Å². The zero-order chi connectivity index (χ0) is 13.4. The number of nitrogens with zero attached hydrogens (tertiary/aromatic N) is 1. The highest BCUT2D eigenvalue weighted by Gasteiger charge is 2.09. The molecule has 0 heterocycles. The van der Waals surface area contributed by atoms with Gasteiger partial charge in [-0.3, -0.25) is 0 Å². The molecule has 0 radical (unpaired) electrons. The van der Waals surface area contributed by atoms with Crippen molar-refractivity contribution in [2.24, 2.45) is 0 Å². The Hall–Kier alpha value is -0.440. The molecule has 0 saturated carbocycles. The largest absolute Gasteiger partial charge is 0.396 e. The number of hydrogen-bond acceptors (Lipinski definition) is 2. The Bertz CT molecular complexity index is 319. The number of hydrogen-bond donors (Lipinski definition) is 1. The van der Waals surface area contributed by atoms with Crippen LogP contribution in [0.25, 0.3) is 0 Å². The maximum Gasteiger partial charge on any atom is 0.0499 e. The summed E-state index contributed by atoms with van der Waals surface area (Å²) in [5.74, 6) is 1.41. The minimum Gasteiger partial charge on any atom is -0.396 e. The van der Waals surface area contributed by atoms with Gasteiger partial charge in [-0.25, -0.2) is 0 Å². The second kappa shape index (κ2) is 8.63. The summed E-state index contributed by atoms with van der Waals surface area (Å²) in [6.07, 6.45) is 0.947. The maximum absolute atomic E-state index is 9.28. The molecule has 1 aromatic rings. The molecule has 0 aromatic heterocycles. The van der Waals surface area contributed by atoms with E-state index < -0.39 is 0 Å². The standard InChI is InChI=1S/C14H21Cl2NO/c1-2-12(11-18)13-3-5-14(6-4-13)17(9-7-15)10-8-16/h3-6,12,18H,2,7-11H2,1H3. The molecule has 0 aliphatic heterocycles. The highest BCUT2D eigenvalue weighted by atomic mass is 35.5. The maximum atomic E-state index is 9.28. The van der Waals surface area contributed by atoms with Crippen LogP contribution in [0.4, 0.5) is 5.69 Å². The van der Waals surface area contributed by atoms with Crippen LogP contribution in [0.3, 0.4) is 0 Å². The van der Waals surface area contributed by atoms with E-state index in [-0.39, 0.29) is 12.5 Å². The van der Waals surface area contributed by atoms with E-state index in [1.165, 1.54) is 5.56 Å². The van der Waals surface area contributed by atoms with Crippen LogP contribution in [0.5, 0.6) is 0 Å². The Morgan fingerprint density at radius 2 is 1.67 bits per heavy atom. The summed E-state index contributed by atoms with van der Waals surface area (Å²) in [4.78, 5) is 2.17. The number of aliphatic hydroxyl groups excluding tert-OH is 1. The average Bonchev–Trinajstić information content (AvgIpc) is 2.41. The van der Waals surface area contributed by atoms with Crippen molar-refractivity contribution < 1.29 is 5.11 Å². The molecule has 0 aliphatic rings. The summed E-state index contributed by atoms with van der Waals surface area (Å²) in [6.45, 7) is 3.88. The van der Waals surface area contributed by atoms with Crippen molar-refractivity contribution in [3.8, 4) is 0 Å². The normalized spacial score (nSPS) is 12.4. The molecule has 1 unspecified atom stereocenters. The van der Waals surface area contributed by atoms with Gasteiger partial charge in [0.15, 0.2) is 0 Å². The van der Waals surface area contributed by atoms with Crippen LogP contribution in [-0.2, 0) is 0 Å². The van der Waals surface area contributed by atoms with Gasteiger partial charge >= 0.3 is 0 Å². The molecule has 1 rings (SSSR count). The zero-order valence-electron chi connectivity index (χ0n) is 10.8. The number of aliphatic hydroxyl groups is 1. The van der Waals surface area contributed by atoms with Crippen molar-refractivity contribution in [1.29, 1.82) is 0 Å². The summed E-state index contributed by atoms with van der Waals surface area (Å²) in [5, 5.41) is 9.28. The van der Waals surface area contributed by atoms with E-state index in [2.05, 4.69) is 36.1 Å². The molecule has 0 spiro atoms. The number of anilines is 1. The van der Waals surface area contributed by atoms with Crippen molar-refractivity contribution in [3.05, 3.63) is 29.8 Å². The van der Waals surface area contributed by atoms with Crippen molar-refractivity contribution in [1.82, 2.24) is 0 Å². The topological polar surface area (TPSA) is 23.5 Å². The van der Waals surface area contributed by atoms with Crippen LogP contribution in [0.1, 0.15) is 24.8 Å². The SMILES string of the molecule is CCC(CO)c1ccc(N(CCCl)CCCl)cc1. The van der Waals surface area contributed by atoms with Gasteiger partial charge in [0, 0.05) is 43.1 Å². The molecule has 18 heavy (non-hydrogen) atoms. The summed E-state index contributed by atoms with van der Waals surface area (Å²) >= 11 is 11.6. The molecule has 1 aromatic carbocycles. The first-order valence-corrected chi connectivity index (χ1v) is 7.41. The van der Waals surface area contributed by atoms with Gasteiger partial charge < -0.3 is 10.0 Å². The van der Waals surface area contributed by atoms with E-state index in [1.54, 1.807) is 0 Å². The van der Waals surface area contributed by atoms with Gasteiger partial charge in [0.1, 0.15) is 0 Å². The Morgan fingerprint density at radius 1 is 1.11 bits per heavy atom. The lowest BCUT2D eigenvalue weighted by molar-refractivity contribution is 0.262. The van der Waals surface area contributed by atoms with Crippen molar-refractivity contribution in [2.45, 2.75) is 19.3 Å². The molecule has 0 fully saturated rings. The molecule has 1 N–H and O–H groups in total. The first kappa shape index (κ1) is 15.6. The second-order valence-corrected chi connectivity index (χ2v) is 5.00. The lowest BCUT2D eigenvalue weighted by Gasteiger charge is -2.23. The number of rotatable bonds is 8. The van der Waals surface area contributed by atoms with E-state index >= 15 is 0 Å². The lowest BCUT2D eigenvalue weighted by Crippen LogP contribution is -2.27. The zero-order valence-corrected chi connectivity index (χ0v) is 12.3. The highest BCUT2D eigenvalue weighted by molar-refractivity contribution is 6.18. The van der Waals surface area contributed by atoms with Gasteiger partial charge in [-0.05, 0) is 24.1 Å². The van der Waals surface area contributed by atoms with Gasteiger partial charge in [-0.2, -0.15) is 0 Å². The summed E-state index contributed by atoms with van der Waals surface area (Å²) in [6, 6.07) is 8.31. The van der Waals surface area contributed by atoms with Crippen LogP contribution >= 0.6 is 23.2 Å². The monoisotopic (exact) mass is 289 g/mol. The number of halogens is 2. The predicted molar refractivity (Wildman–Crippen MR) is 80.2 cm³/mol. The Morgan fingerprint density at radius 3 is 2.06 bits per heavy atom. The first-order valence-electron chi connectivity index (χ1n) is 6.34. The fourth-order valence-corrected chi connectivity index (χ4v) is 2.41. The van der Waals surface area contributed by atoms with Gasteiger partial charge in [0.25, 0.3) is 0 Å². The lowest BCUT2D eigenvalue weighted by atomic mass is 9.97. The molecule has 1 atom stereocenters. The van der Waals surface area contributed by atoms with Crippen LogP contribution in [0.2, 0.25) is 0 Å². The summed E-state index contributed by atoms with van der Waals surface area (Å²) in [7, 11) is 0. The minimum atomic E-state index is 0.197. The summed E-state index contributed by atoms with van der Waals surface area (Å²) < 4.78 is 0. The molecular weight excluding hydrogens is 269 g/mol. The molecule has 102 valence electrons. The van der Waals surface area contributed by atoms with Gasteiger partial charge in [-0.1, -0.05) is 19.1 Å². The van der Waals surface area contributed by atoms with Crippen LogP contribution in [0, 0.1) is 0 Å². The number of benzene rings is 1. The van der Waals surface area contributed by atoms with Crippen LogP contribution in [0.15, 0.2) is 24.3 Å². The third kappa shape index (κ3) is 4.34. The van der Waals surface area contributed by atoms with Crippen molar-refractivity contribution in [3.63, 3.8) is 0 Å². The van der Waals surface area contributed by atoms with Crippen LogP contribution in [-0.4, -0.2) is 36.6 Å². The van der Waals surface area contributed by atoms with E-state index in [0.29, 0.717) is 11.8 Å². The summed E-state index contributed by atoms with van der Waals surface area (Å²) in [5.41, 5.74) is 2.31. The minimum absolute atomic E-state index is 0.197. The van der Waals surface area contributed by atoms with Crippen LogP contribution < -0.4 is 4.90 Å². The van der Waals surface area contributed by atoms with E-state index in [1.807, 2.05) is 0 Å². The highest BCUT2D eigenvalue weighted by Crippen LogP contribution is 2.22. The predicted octanol–water partition coefficient (Wildman–Crippen LogP) is 3.46. The fourth-order valence-electron chi connectivity index (χ4n) is 2.00. The fraction of sp³-hybridized carbons (Fsp3) is 0.571. The molecule has 0 saturated heterocycles. The quantitative estimate of drug-likeness (QED) is 0.741. The molecule has 0 aliphatic carbocycles. The third-order valence-electron chi connectivity index (χ3n) is 3.15. The smallest absolute Gasteiger partial charge is 0.0499 e. The van der Waals surface area contributed by atoms with E-state index in [0.717, 1.165) is 25.2 Å². The number of alkyl halides is 2. The Labute approximate surface area is 120 Å². The third-order valence-corrected chi connectivity index (χ3v) is 3.49. The first-order chi connectivity index (χ1) is 8.76. The Balaban J connectivity index is 2.79. The molecule has 0 amide bonds. The van der Waals surface area contributed by atoms with Crippen molar-refractivity contribution in [2.75, 3.05) is 36.4 Å². The molecular formula is C14H21Cl2NO. The van der Waals surface area contributed by atoms with Gasteiger partial charge in [-0.15, -0.1) is 23.2 Å². The second-order valence-electron chi connectivity index (χ2n) is 4.24. The average molecular weight is 290 g/mol. The Kier molecular flexibility index (Phi) is 7.48.